The minimum atomic E-state index is -0.483. The summed E-state index contributed by atoms with van der Waals surface area (Å²) in [4.78, 5) is 11.1. The van der Waals surface area contributed by atoms with E-state index in [4.69, 9.17) is 10.00 Å². The number of rotatable bonds is 2. The number of nitriles is 1. The molecule has 4 nitrogen and oxygen atoms in total. The fraction of sp³-hybridized carbons (Fsp3) is 0.273. The average Bonchev–Trinajstić information content (AvgIpc) is 3.08. The van der Waals surface area contributed by atoms with Crippen LogP contribution in [0.5, 0.6) is 0 Å². The zero-order chi connectivity index (χ0) is 10.8. The lowest BCUT2D eigenvalue weighted by Crippen LogP contribution is -2.09. The topological polar surface area (TPSA) is 62.6 Å². The Hall–Kier alpha value is -1.86. The van der Waals surface area contributed by atoms with Crippen LogP contribution in [0, 0.1) is 11.3 Å². The SMILES string of the molecule is COC(=O)[C@H]1O[C@@H]1c1ccc(C#N)cc1. The van der Waals surface area contributed by atoms with Crippen LogP contribution >= 0.6 is 0 Å². The zero-order valence-corrected chi connectivity index (χ0v) is 8.14. The molecule has 1 aromatic rings. The third-order valence-corrected chi connectivity index (χ3v) is 2.29. The van der Waals surface area contributed by atoms with Gasteiger partial charge in [0.2, 0.25) is 0 Å². The van der Waals surface area contributed by atoms with Crippen LogP contribution in [0.4, 0.5) is 0 Å². The molecule has 0 N–H and O–H groups in total. The number of methoxy groups -OCH3 is 1. The Morgan fingerprint density at radius 1 is 1.47 bits per heavy atom. The average molecular weight is 203 g/mol. The Kier molecular flexibility index (Phi) is 2.40. The van der Waals surface area contributed by atoms with Gasteiger partial charge in [-0.05, 0) is 17.7 Å². The van der Waals surface area contributed by atoms with E-state index in [0.29, 0.717) is 5.56 Å². The molecule has 1 aromatic carbocycles. The fourth-order valence-electron chi connectivity index (χ4n) is 1.41. The molecule has 0 spiro atoms. The van der Waals surface area contributed by atoms with Crippen molar-refractivity contribution in [3.8, 4) is 6.07 Å². The van der Waals surface area contributed by atoms with Crippen LogP contribution in [0.1, 0.15) is 17.2 Å². The van der Waals surface area contributed by atoms with E-state index in [0.717, 1.165) is 5.56 Å². The van der Waals surface area contributed by atoms with E-state index < -0.39 is 6.10 Å². The summed E-state index contributed by atoms with van der Waals surface area (Å²) in [6.45, 7) is 0. The minimum absolute atomic E-state index is 0.217. The van der Waals surface area contributed by atoms with Crippen LogP contribution in [0.25, 0.3) is 0 Å². The highest BCUT2D eigenvalue weighted by molar-refractivity contribution is 5.78. The lowest BCUT2D eigenvalue weighted by atomic mass is 10.1. The number of hydrogen-bond acceptors (Lipinski definition) is 4. The second kappa shape index (κ2) is 3.71. The van der Waals surface area contributed by atoms with Crippen molar-refractivity contribution in [3.63, 3.8) is 0 Å². The predicted octanol–water partition coefficient (Wildman–Crippen LogP) is 1.17. The molecule has 1 fully saturated rings. The van der Waals surface area contributed by atoms with Crippen LogP contribution in [0.3, 0.4) is 0 Å². The number of epoxide rings is 1. The van der Waals surface area contributed by atoms with Crippen LogP contribution in [0.15, 0.2) is 24.3 Å². The van der Waals surface area contributed by atoms with Crippen molar-refractivity contribution in [1.29, 1.82) is 5.26 Å². The van der Waals surface area contributed by atoms with Crippen molar-refractivity contribution >= 4 is 5.97 Å². The smallest absolute Gasteiger partial charge is 0.338 e. The molecule has 0 saturated carbocycles. The highest BCUT2D eigenvalue weighted by atomic mass is 16.6. The van der Waals surface area contributed by atoms with Crippen LogP contribution in [-0.2, 0) is 14.3 Å². The van der Waals surface area contributed by atoms with E-state index in [2.05, 4.69) is 4.74 Å². The molecule has 2 rings (SSSR count). The monoisotopic (exact) mass is 203 g/mol. The number of carbonyl (C=O) groups excluding carboxylic acids is 1. The molecule has 1 aliphatic rings. The number of hydrogen-bond donors (Lipinski definition) is 0. The number of ether oxygens (including phenoxy) is 2. The summed E-state index contributed by atoms with van der Waals surface area (Å²) in [5.41, 5.74) is 1.48. The van der Waals surface area contributed by atoms with E-state index in [9.17, 15) is 4.79 Å². The largest absolute Gasteiger partial charge is 0.467 e. The van der Waals surface area contributed by atoms with Gasteiger partial charge in [-0.15, -0.1) is 0 Å². The predicted molar refractivity (Wildman–Crippen MR) is 50.8 cm³/mol. The molecule has 15 heavy (non-hydrogen) atoms. The summed E-state index contributed by atoms with van der Waals surface area (Å²) in [5, 5.41) is 8.61. The molecule has 0 radical (unpaired) electrons. The van der Waals surface area contributed by atoms with Crippen LogP contribution in [-0.4, -0.2) is 19.2 Å². The van der Waals surface area contributed by atoms with Gasteiger partial charge in [0.25, 0.3) is 0 Å². The van der Waals surface area contributed by atoms with Crippen molar-refractivity contribution in [2.24, 2.45) is 0 Å². The minimum Gasteiger partial charge on any atom is -0.467 e. The number of esters is 1. The molecule has 2 atom stereocenters. The Morgan fingerprint density at radius 3 is 2.67 bits per heavy atom. The second-order valence-corrected chi connectivity index (χ2v) is 3.23. The van der Waals surface area contributed by atoms with Gasteiger partial charge in [-0.2, -0.15) is 5.26 Å². The van der Waals surface area contributed by atoms with E-state index in [1.54, 1.807) is 24.3 Å². The molecule has 4 heteroatoms. The van der Waals surface area contributed by atoms with E-state index in [-0.39, 0.29) is 12.1 Å². The first-order valence-corrected chi connectivity index (χ1v) is 4.49. The van der Waals surface area contributed by atoms with Crippen molar-refractivity contribution < 1.29 is 14.3 Å². The summed E-state index contributed by atoms with van der Waals surface area (Å²) < 4.78 is 9.73. The van der Waals surface area contributed by atoms with Crippen molar-refractivity contribution in [3.05, 3.63) is 35.4 Å². The molecule has 1 aliphatic heterocycles. The Labute approximate surface area is 87.0 Å². The molecular weight excluding hydrogens is 194 g/mol. The number of nitrogens with zero attached hydrogens (tertiary/aromatic N) is 1. The first kappa shape index (κ1) is 9.69. The third-order valence-electron chi connectivity index (χ3n) is 2.29. The molecule has 1 saturated heterocycles. The van der Waals surface area contributed by atoms with Gasteiger partial charge >= 0.3 is 5.97 Å². The Morgan fingerprint density at radius 2 is 2.13 bits per heavy atom. The first-order chi connectivity index (χ1) is 7.26. The quantitative estimate of drug-likeness (QED) is 0.534. The fourth-order valence-corrected chi connectivity index (χ4v) is 1.41. The van der Waals surface area contributed by atoms with Gasteiger partial charge in [0, 0.05) is 0 Å². The standard InChI is InChI=1S/C11H9NO3/c1-14-11(13)10-9(15-10)8-4-2-7(6-12)3-5-8/h2-5,9-10H,1H3/t9-,10+/m1/s1. The second-order valence-electron chi connectivity index (χ2n) is 3.23. The van der Waals surface area contributed by atoms with Gasteiger partial charge in [0.05, 0.1) is 18.7 Å². The van der Waals surface area contributed by atoms with E-state index in [1.165, 1.54) is 7.11 Å². The molecule has 0 amide bonds. The van der Waals surface area contributed by atoms with Gasteiger partial charge in [0.1, 0.15) is 6.10 Å². The van der Waals surface area contributed by atoms with Crippen LogP contribution in [0.2, 0.25) is 0 Å². The summed E-state index contributed by atoms with van der Waals surface area (Å²) in [7, 11) is 1.33. The van der Waals surface area contributed by atoms with Crippen LogP contribution < -0.4 is 0 Å². The summed E-state index contributed by atoms with van der Waals surface area (Å²) in [6.07, 6.45) is -0.701. The van der Waals surface area contributed by atoms with Gasteiger partial charge < -0.3 is 9.47 Å². The summed E-state index contributed by atoms with van der Waals surface area (Å²) in [6, 6.07) is 8.99. The van der Waals surface area contributed by atoms with Gasteiger partial charge in [0.15, 0.2) is 6.10 Å². The summed E-state index contributed by atoms with van der Waals surface area (Å²) >= 11 is 0. The zero-order valence-electron chi connectivity index (χ0n) is 8.14. The van der Waals surface area contributed by atoms with E-state index in [1.807, 2.05) is 6.07 Å². The number of carbonyl (C=O) groups is 1. The first-order valence-electron chi connectivity index (χ1n) is 4.49. The lowest BCUT2D eigenvalue weighted by molar-refractivity contribution is -0.142. The molecule has 0 bridgehead atoms. The Balaban J connectivity index is 2.08. The molecule has 76 valence electrons. The van der Waals surface area contributed by atoms with Crippen molar-refractivity contribution in [1.82, 2.24) is 0 Å². The lowest BCUT2D eigenvalue weighted by Gasteiger charge is -1.95. The molecular formula is C11H9NO3. The van der Waals surface area contributed by atoms with Gasteiger partial charge in [-0.3, -0.25) is 0 Å². The maximum Gasteiger partial charge on any atom is 0.338 e. The maximum absolute atomic E-state index is 11.1. The molecule has 0 aromatic heterocycles. The summed E-state index contributed by atoms with van der Waals surface area (Å²) in [5.74, 6) is -0.357. The third kappa shape index (κ3) is 1.83. The normalized spacial score (nSPS) is 22.9. The Bertz CT molecular complexity index is 418. The molecule has 0 aliphatic carbocycles. The van der Waals surface area contributed by atoms with Crippen molar-refractivity contribution in [2.75, 3.05) is 7.11 Å². The number of benzene rings is 1. The van der Waals surface area contributed by atoms with Gasteiger partial charge in [-0.1, -0.05) is 12.1 Å². The van der Waals surface area contributed by atoms with E-state index >= 15 is 0 Å². The van der Waals surface area contributed by atoms with Gasteiger partial charge in [-0.25, -0.2) is 4.79 Å². The highest BCUT2D eigenvalue weighted by Crippen LogP contribution is 2.39. The van der Waals surface area contributed by atoms with Crippen molar-refractivity contribution in [2.45, 2.75) is 12.2 Å². The molecule has 1 heterocycles. The maximum atomic E-state index is 11.1. The highest BCUT2D eigenvalue weighted by Gasteiger charge is 2.47. The molecule has 0 unspecified atom stereocenters.